The summed E-state index contributed by atoms with van der Waals surface area (Å²) >= 11 is 0. The zero-order valence-electron chi connectivity index (χ0n) is 18.2. The highest BCUT2D eigenvalue weighted by Crippen LogP contribution is 2.40. The van der Waals surface area contributed by atoms with Gasteiger partial charge in [-0.3, -0.25) is 4.79 Å². The Kier molecular flexibility index (Phi) is 7.20. The van der Waals surface area contributed by atoms with E-state index in [4.69, 9.17) is 4.84 Å². The summed E-state index contributed by atoms with van der Waals surface area (Å²) in [6.07, 6.45) is 0. The van der Waals surface area contributed by atoms with Crippen LogP contribution in [0.2, 0.25) is 0 Å². The summed E-state index contributed by atoms with van der Waals surface area (Å²) in [5, 5.41) is 30.1. The van der Waals surface area contributed by atoms with E-state index in [2.05, 4.69) is 16.8 Å². The highest BCUT2D eigenvalue weighted by molar-refractivity contribution is 6.11. The van der Waals surface area contributed by atoms with Crippen LogP contribution in [0, 0.1) is 0 Å². The van der Waals surface area contributed by atoms with Crippen LogP contribution in [0.5, 0.6) is 11.5 Å². The molecule has 168 valence electrons. The van der Waals surface area contributed by atoms with Gasteiger partial charge >= 0.3 is 5.97 Å². The number of rotatable bonds is 8. The van der Waals surface area contributed by atoms with Gasteiger partial charge in [0.15, 0.2) is 17.2 Å². The van der Waals surface area contributed by atoms with Crippen molar-refractivity contribution >= 4 is 28.8 Å². The highest BCUT2D eigenvalue weighted by atomic mass is 16.7. The van der Waals surface area contributed by atoms with E-state index in [-0.39, 0.29) is 22.6 Å². The van der Waals surface area contributed by atoms with E-state index in [1.165, 1.54) is 17.2 Å². The van der Waals surface area contributed by atoms with Gasteiger partial charge in [-0.25, -0.2) is 9.86 Å². The summed E-state index contributed by atoms with van der Waals surface area (Å²) in [5.41, 5.74) is 1.50. The molecule has 33 heavy (non-hydrogen) atoms. The predicted octanol–water partition coefficient (Wildman–Crippen LogP) is 5.60. The largest absolute Gasteiger partial charge is 0.505 e. The van der Waals surface area contributed by atoms with Crippen molar-refractivity contribution in [3.8, 4) is 11.5 Å². The minimum absolute atomic E-state index is 0.00112. The minimum Gasteiger partial charge on any atom is -0.505 e. The van der Waals surface area contributed by atoms with Crippen molar-refractivity contribution in [2.24, 2.45) is 10.2 Å². The first kappa shape index (κ1) is 23.2. The molecule has 2 N–H and O–H groups in total. The average molecular weight is 445 g/mol. The molecule has 8 nitrogen and oxygen atoms in total. The first-order chi connectivity index (χ1) is 15.8. The van der Waals surface area contributed by atoms with Gasteiger partial charge in [0.1, 0.15) is 5.75 Å². The molecule has 8 heteroatoms. The molecule has 0 saturated carbocycles. The monoisotopic (exact) mass is 445 g/mol. The summed E-state index contributed by atoms with van der Waals surface area (Å²) in [6, 6.07) is 17.7. The van der Waals surface area contributed by atoms with Crippen LogP contribution < -0.4 is 5.06 Å². The van der Waals surface area contributed by atoms with Gasteiger partial charge in [-0.15, -0.1) is 5.11 Å². The normalized spacial score (nSPS) is 10.7. The highest BCUT2D eigenvalue weighted by Gasteiger charge is 2.19. The van der Waals surface area contributed by atoms with E-state index in [1.807, 2.05) is 6.92 Å². The van der Waals surface area contributed by atoms with Crippen molar-refractivity contribution in [1.82, 2.24) is 0 Å². The summed E-state index contributed by atoms with van der Waals surface area (Å²) < 4.78 is 0. The molecular weight excluding hydrogens is 422 g/mol. The van der Waals surface area contributed by atoms with E-state index < -0.39 is 17.5 Å². The smallest absolute Gasteiger partial charge is 0.358 e. The summed E-state index contributed by atoms with van der Waals surface area (Å²) in [6.45, 7) is 7.37. The second-order valence-corrected chi connectivity index (χ2v) is 7.09. The van der Waals surface area contributed by atoms with Gasteiger partial charge < -0.3 is 15.1 Å². The van der Waals surface area contributed by atoms with E-state index in [1.54, 1.807) is 61.5 Å². The Hall–Kier alpha value is -4.46. The lowest BCUT2D eigenvalue weighted by molar-refractivity contribution is -0.140. The molecule has 3 aromatic rings. The number of ketones is 1. The number of hydrogen-bond donors (Lipinski definition) is 2. The lowest BCUT2D eigenvalue weighted by Crippen LogP contribution is -2.27. The number of hydrogen-bond acceptors (Lipinski definition) is 8. The van der Waals surface area contributed by atoms with Gasteiger partial charge in [0, 0.05) is 11.1 Å². The van der Waals surface area contributed by atoms with Gasteiger partial charge in [0.05, 0.1) is 23.5 Å². The Morgan fingerprint density at radius 1 is 0.970 bits per heavy atom. The van der Waals surface area contributed by atoms with Crippen LogP contribution in [0.1, 0.15) is 29.8 Å². The van der Waals surface area contributed by atoms with E-state index in [0.717, 1.165) is 0 Å². The van der Waals surface area contributed by atoms with Gasteiger partial charge in [0.2, 0.25) is 0 Å². The van der Waals surface area contributed by atoms with Crippen molar-refractivity contribution in [2.45, 2.75) is 13.8 Å². The molecule has 0 aliphatic rings. The Balaban J connectivity index is 1.83. The van der Waals surface area contributed by atoms with Crippen molar-refractivity contribution in [3.05, 3.63) is 90.0 Å². The van der Waals surface area contributed by atoms with Crippen LogP contribution >= 0.6 is 0 Å². The number of anilines is 1. The lowest BCUT2D eigenvalue weighted by Gasteiger charge is -2.21. The third kappa shape index (κ3) is 5.43. The zero-order chi connectivity index (χ0) is 24.0. The standard InChI is InChI=1S/C25H23N3O5/c1-4-28(33-25(32)16(2)3)19-12-10-18(11-13-19)26-27-22-21(29)15-14-20(24(22)31)23(30)17-8-6-5-7-9-17/h5-15,29,31H,2,4H2,1,3H3. The number of aromatic hydroxyl groups is 2. The Labute approximate surface area is 191 Å². The number of benzene rings is 3. The van der Waals surface area contributed by atoms with E-state index >= 15 is 0 Å². The Morgan fingerprint density at radius 3 is 2.24 bits per heavy atom. The molecule has 0 amide bonds. The fourth-order valence-electron chi connectivity index (χ4n) is 2.87. The number of phenols is 2. The third-order valence-corrected chi connectivity index (χ3v) is 4.64. The van der Waals surface area contributed by atoms with E-state index in [9.17, 15) is 19.8 Å². The van der Waals surface area contributed by atoms with Crippen molar-refractivity contribution < 1.29 is 24.6 Å². The molecule has 0 saturated heterocycles. The maximum Gasteiger partial charge on any atom is 0.358 e. The molecule has 0 bridgehead atoms. The molecule has 0 fully saturated rings. The van der Waals surface area contributed by atoms with Gasteiger partial charge in [-0.05, 0) is 50.2 Å². The third-order valence-electron chi connectivity index (χ3n) is 4.64. The van der Waals surface area contributed by atoms with Crippen molar-refractivity contribution in [1.29, 1.82) is 0 Å². The Bertz CT molecular complexity index is 1200. The number of azo groups is 1. The summed E-state index contributed by atoms with van der Waals surface area (Å²) in [7, 11) is 0. The first-order valence-electron chi connectivity index (χ1n) is 10.1. The van der Waals surface area contributed by atoms with Gasteiger partial charge in [-0.1, -0.05) is 36.9 Å². The van der Waals surface area contributed by atoms with Crippen LogP contribution in [-0.2, 0) is 9.63 Å². The molecule has 0 aromatic heterocycles. The van der Waals surface area contributed by atoms with Gasteiger partial charge in [0.25, 0.3) is 0 Å². The molecular formula is C25H23N3O5. The van der Waals surface area contributed by atoms with Crippen LogP contribution in [0.3, 0.4) is 0 Å². The van der Waals surface area contributed by atoms with E-state index in [0.29, 0.717) is 23.5 Å². The maximum absolute atomic E-state index is 12.7. The molecule has 0 heterocycles. The number of nitrogens with zero attached hydrogens (tertiary/aromatic N) is 3. The number of carbonyl (C=O) groups excluding carboxylic acids is 2. The fourth-order valence-corrected chi connectivity index (χ4v) is 2.87. The Morgan fingerprint density at radius 2 is 1.64 bits per heavy atom. The van der Waals surface area contributed by atoms with Crippen LogP contribution in [-0.4, -0.2) is 28.5 Å². The average Bonchev–Trinajstić information content (AvgIpc) is 2.83. The molecule has 0 unspecified atom stereocenters. The number of carbonyl (C=O) groups is 2. The van der Waals surface area contributed by atoms with Crippen LogP contribution in [0.15, 0.2) is 89.1 Å². The topological polar surface area (TPSA) is 112 Å². The van der Waals surface area contributed by atoms with Gasteiger partial charge in [-0.2, -0.15) is 5.11 Å². The second-order valence-electron chi connectivity index (χ2n) is 7.09. The zero-order valence-corrected chi connectivity index (χ0v) is 18.2. The summed E-state index contributed by atoms with van der Waals surface area (Å²) in [4.78, 5) is 29.7. The van der Waals surface area contributed by atoms with Crippen molar-refractivity contribution in [3.63, 3.8) is 0 Å². The SMILES string of the molecule is C=C(C)C(=O)ON(CC)c1ccc(N=Nc2c(O)ccc(C(=O)c3ccccc3)c2O)cc1. The molecule has 3 rings (SSSR count). The molecule has 0 atom stereocenters. The second kappa shape index (κ2) is 10.2. The van der Waals surface area contributed by atoms with Crippen molar-refractivity contribution in [2.75, 3.05) is 11.6 Å². The lowest BCUT2D eigenvalue weighted by atomic mass is 10.0. The molecule has 0 radical (unpaired) electrons. The molecule has 3 aromatic carbocycles. The molecule has 0 spiro atoms. The maximum atomic E-state index is 12.7. The predicted molar refractivity (Wildman–Crippen MR) is 124 cm³/mol. The minimum atomic E-state index is -0.531. The van der Waals surface area contributed by atoms with Crippen LogP contribution in [0.25, 0.3) is 0 Å². The number of hydroxylamine groups is 1. The quantitative estimate of drug-likeness (QED) is 0.202. The number of phenolic OH excluding ortho intramolecular Hbond substituents is 2. The van der Waals surface area contributed by atoms with Crippen LogP contribution in [0.4, 0.5) is 17.1 Å². The molecule has 0 aliphatic heterocycles. The summed E-state index contributed by atoms with van der Waals surface area (Å²) in [5.74, 6) is -1.72. The fraction of sp³-hybridized carbons (Fsp3) is 0.120. The first-order valence-corrected chi connectivity index (χ1v) is 10.1. The molecule has 0 aliphatic carbocycles.